The Bertz CT molecular complexity index is 119. The van der Waals surface area contributed by atoms with Gasteiger partial charge in [0.15, 0.2) is 6.29 Å². The number of ether oxygens (including phenoxy) is 2. The van der Waals surface area contributed by atoms with Gasteiger partial charge in [-0.3, -0.25) is 11.3 Å². The summed E-state index contributed by atoms with van der Waals surface area (Å²) in [6.07, 6.45) is -0.310. The number of hydrazine groups is 1. The summed E-state index contributed by atoms with van der Waals surface area (Å²) in [5.74, 6) is 5.40. The van der Waals surface area contributed by atoms with Crippen molar-refractivity contribution in [1.82, 2.24) is 5.43 Å². The predicted octanol–water partition coefficient (Wildman–Crippen LogP) is 0.483. The fraction of sp³-hybridized carbons (Fsp3) is 1.00. The maximum Gasteiger partial charge on any atom is 0.173 e. The molecule has 1 atom stereocenters. The molecule has 0 saturated heterocycles. The molecule has 74 valence electrons. The summed E-state index contributed by atoms with van der Waals surface area (Å²) in [5.41, 5.74) is 2.70. The van der Waals surface area contributed by atoms with Crippen molar-refractivity contribution in [3.63, 3.8) is 0 Å². The summed E-state index contributed by atoms with van der Waals surface area (Å²) in [5, 5.41) is 0. The highest BCUT2D eigenvalue weighted by molar-refractivity contribution is 4.81. The van der Waals surface area contributed by atoms with E-state index in [1.807, 2.05) is 0 Å². The van der Waals surface area contributed by atoms with Gasteiger partial charge in [0, 0.05) is 14.2 Å². The quantitative estimate of drug-likeness (QED) is 0.372. The number of methoxy groups -OCH3 is 2. The fourth-order valence-electron chi connectivity index (χ4n) is 1.11. The van der Waals surface area contributed by atoms with Gasteiger partial charge in [-0.15, -0.1) is 0 Å². The van der Waals surface area contributed by atoms with Crippen molar-refractivity contribution < 1.29 is 9.47 Å². The molecule has 4 nitrogen and oxygen atoms in total. The third-order valence-electron chi connectivity index (χ3n) is 1.85. The molecule has 0 heterocycles. The zero-order valence-corrected chi connectivity index (χ0v) is 8.55. The van der Waals surface area contributed by atoms with E-state index in [9.17, 15) is 0 Å². The monoisotopic (exact) mass is 176 g/mol. The molecule has 0 radical (unpaired) electrons. The number of nitrogens with one attached hydrogen (secondary N) is 1. The van der Waals surface area contributed by atoms with Gasteiger partial charge in [-0.2, -0.15) is 0 Å². The van der Waals surface area contributed by atoms with Crippen molar-refractivity contribution in [3.05, 3.63) is 0 Å². The lowest BCUT2D eigenvalue weighted by atomic mass is 9.87. The first-order valence-electron chi connectivity index (χ1n) is 3.99. The van der Waals surface area contributed by atoms with Gasteiger partial charge in [0.05, 0.1) is 6.04 Å². The van der Waals surface area contributed by atoms with Gasteiger partial charge in [0.2, 0.25) is 0 Å². The van der Waals surface area contributed by atoms with Crippen molar-refractivity contribution in [2.45, 2.75) is 33.1 Å². The molecule has 0 aromatic rings. The highest BCUT2D eigenvalue weighted by Crippen LogP contribution is 2.22. The third-order valence-corrected chi connectivity index (χ3v) is 1.85. The van der Waals surface area contributed by atoms with Crippen LogP contribution in [0.4, 0.5) is 0 Å². The van der Waals surface area contributed by atoms with Crippen LogP contribution in [0, 0.1) is 5.41 Å². The zero-order chi connectivity index (χ0) is 9.78. The highest BCUT2D eigenvalue weighted by Gasteiger charge is 2.31. The Kier molecular flexibility index (Phi) is 4.70. The first-order chi connectivity index (χ1) is 5.47. The van der Waals surface area contributed by atoms with Crippen LogP contribution in [0.5, 0.6) is 0 Å². The van der Waals surface area contributed by atoms with Crippen molar-refractivity contribution in [3.8, 4) is 0 Å². The lowest BCUT2D eigenvalue weighted by Crippen LogP contribution is -2.53. The Morgan fingerprint density at radius 1 is 1.17 bits per heavy atom. The van der Waals surface area contributed by atoms with E-state index in [1.165, 1.54) is 0 Å². The Morgan fingerprint density at radius 2 is 1.58 bits per heavy atom. The van der Waals surface area contributed by atoms with Crippen LogP contribution in [0.1, 0.15) is 20.8 Å². The molecule has 0 rings (SSSR count). The van der Waals surface area contributed by atoms with Crippen LogP contribution in [0.3, 0.4) is 0 Å². The summed E-state index contributed by atoms with van der Waals surface area (Å²) in [6.45, 7) is 6.22. The molecular formula is C8H20N2O2. The molecule has 0 aliphatic carbocycles. The van der Waals surface area contributed by atoms with Gasteiger partial charge in [-0.25, -0.2) is 0 Å². The lowest BCUT2D eigenvalue weighted by Gasteiger charge is -2.34. The zero-order valence-electron chi connectivity index (χ0n) is 8.55. The number of rotatable bonds is 4. The Morgan fingerprint density at radius 3 is 1.67 bits per heavy atom. The molecular weight excluding hydrogens is 156 g/mol. The van der Waals surface area contributed by atoms with E-state index in [1.54, 1.807) is 14.2 Å². The van der Waals surface area contributed by atoms with Gasteiger partial charge in [0.25, 0.3) is 0 Å². The van der Waals surface area contributed by atoms with Crippen molar-refractivity contribution in [1.29, 1.82) is 0 Å². The maximum atomic E-state index is 5.40. The number of hydrogen-bond acceptors (Lipinski definition) is 4. The molecule has 1 unspecified atom stereocenters. The van der Waals surface area contributed by atoms with Crippen LogP contribution in [-0.4, -0.2) is 26.6 Å². The fourth-order valence-corrected chi connectivity index (χ4v) is 1.11. The van der Waals surface area contributed by atoms with E-state index in [0.29, 0.717) is 0 Å². The first-order valence-corrected chi connectivity index (χ1v) is 3.99. The molecule has 3 N–H and O–H groups in total. The van der Waals surface area contributed by atoms with E-state index in [4.69, 9.17) is 15.3 Å². The molecule has 0 fully saturated rings. The summed E-state index contributed by atoms with van der Waals surface area (Å²) < 4.78 is 10.2. The SMILES string of the molecule is COC(OC)C(NN)C(C)(C)C. The first kappa shape index (κ1) is 11.8. The van der Waals surface area contributed by atoms with Gasteiger partial charge in [0.1, 0.15) is 0 Å². The van der Waals surface area contributed by atoms with Crippen LogP contribution < -0.4 is 11.3 Å². The van der Waals surface area contributed by atoms with Crippen molar-refractivity contribution in [2.24, 2.45) is 11.3 Å². The minimum atomic E-state index is -0.310. The molecule has 0 saturated carbocycles. The average molecular weight is 176 g/mol. The Hall–Kier alpha value is -0.160. The number of nitrogens with two attached hydrogens (primary N) is 1. The Balaban J connectivity index is 4.31. The minimum Gasteiger partial charge on any atom is -0.354 e. The second kappa shape index (κ2) is 4.77. The largest absolute Gasteiger partial charge is 0.354 e. The average Bonchev–Trinajstić information content (AvgIpc) is 1.97. The smallest absolute Gasteiger partial charge is 0.173 e. The minimum absolute atomic E-state index is 0.00539. The van der Waals surface area contributed by atoms with E-state index in [0.717, 1.165) is 0 Å². The summed E-state index contributed by atoms with van der Waals surface area (Å²) in [4.78, 5) is 0. The summed E-state index contributed by atoms with van der Waals surface area (Å²) in [6, 6.07) is -0.0208. The lowest BCUT2D eigenvalue weighted by molar-refractivity contribution is -0.141. The van der Waals surface area contributed by atoms with E-state index < -0.39 is 0 Å². The van der Waals surface area contributed by atoms with Gasteiger partial charge >= 0.3 is 0 Å². The van der Waals surface area contributed by atoms with Crippen LogP contribution in [0.2, 0.25) is 0 Å². The maximum absolute atomic E-state index is 5.40. The molecule has 0 spiro atoms. The highest BCUT2D eigenvalue weighted by atomic mass is 16.7. The third kappa shape index (κ3) is 3.06. The van der Waals surface area contributed by atoms with Crippen LogP contribution in [0.25, 0.3) is 0 Å². The molecule has 0 aromatic heterocycles. The van der Waals surface area contributed by atoms with E-state index >= 15 is 0 Å². The van der Waals surface area contributed by atoms with E-state index in [-0.39, 0.29) is 17.7 Å². The molecule has 4 heteroatoms. The molecule has 12 heavy (non-hydrogen) atoms. The van der Waals surface area contributed by atoms with Gasteiger partial charge < -0.3 is 9.47 Å². The predicted molar refractivity (Wildman–Crippen MR) is 48.4 cm³/mol. The normalized spacial score (nSPS) is 15.2. The topological polar surface area (TPSA) is 56.5 Å². The van der Waals surface area contributed by atoms with Gasteiger partial charge in [-0.1, -0.05) is 20.8 Å². The van der Waals surface area contributed by atoms with Crippen molar-refractivity contribution in [2.75, 3.05) is 14.2 Å². The molecule has 0 bridgehead atoms. The van der Waals surface area contributed by atoms with Gasteiger partial charge in [-0.05, 0) is 5.41 Å². The van der Waals surface area contributed by atoms with E-state index in [2.05, 4.69) is 26.2 Å². The second-order valence-corrected chi connectivity index (χ2v) is 3.85. The molecule has 0 aliphatic rings. The second-order valence-electron chi connectivity index (χ2n) is 3.85. The van der Waals surface area contributed by atoms with Crippen LogP contribution in [-0.2, 0) is 9.47 Å². The summed E-state index contributed by atoms with van der Waals surface area (Å²) in [7, 11) is 3.20. The molecule has 0 amide bonds. The molecule has 0 aromatic carbocycles. The standard InChI is InChI=1S/C8H20N2O2/c1-8(2,3)6(10-9)7(11-4)12-5/h6-7,10H,9H2,1-5H3. The molecule has 0 aliphatic heterocycles. The van der Waals surface area contributed by atoms with Crippen LogP contribution >= 0.6 is 0 Å². The Labute approximate surface area is 74.4 Å². The number of hydrogen-bond donors (Lipinski definition) is 2. The van der Waals surface area contributed by atoms with Crippen LogP contribution in [0.15, 0.2) is 0 Å². The van der Waals surface area contributed by atoms with Crippen molar-refractivity contribution >= 4 is 0 Å². The summed E-state index contributed by atoms with van der Waals surface area (Å²) >= 11 is 0.